The fourth-order valence-electron chi connectivity index (χ4n) is 7.37. The minimum atomic E-state index is -0.0960. The van der Waals surface area contributed by atoms with E-state index >= 15 is 0 Å². The quantitative estimate of drug-likeness (QED) is 0.165. The van der Waals surface area contributed by atoms with Crippen molar-refractivity contribution in [1.29, 1.82) is 0 Å². The molecule has 0 radical (unpaired) electrons. The number of fused-ring (bicyclic) bond motifs is 3. The smallest absolute Gasteiger partial charge is 0.253 e. The van der Waals surface area contributed by atoms with Crippen molar-refractivity contribution in [1.82, 2.24) is 14.8 Å². The predicted molar refractivity (Wildman–Crippen MR) is 180 cm³/mol. The lowest BCUT2D eigenvalue weighted by atomic mass is 9.85. The molecule has 0 aliphatic carbocycles. The number of para-hydroxylation sites is 1. The summed E-state index contributed by atoms with van der Waals surface area (Å²) in [5, 5.41) is 5.69. The molecule has 4 aromatic rings. The summed E-state index contributed by atoms with van der Waals surface area (Å²) >= 11 is 18.2. The second-order valence-electron chi connectivity index (χ2n) is 12.3. The highest BCUT2D eigenvalue weighted by Gasteiger charge is 2.40. The molecule has 6 rings (SSSR count). The van der Waals surface area contributed by atoms with Crippen LogP contribution in [0.2, 0.25) is 15.1 Å². The van der Waals surface area contributed by atoms with E-state index in [1.54, 1.807) is 24.3 Å². The Morgan fingerprint density at radius 1 is 0.909 bits per heavy atom. The minimum absolute atomic E-state index is 0.0960. The number of aryl methyl sites for hydroxylation is 2. The number of carbonyl (C=O) groups is 2. The largest absolute Gasteiger partial charge is 0.348 e. The lowest BCUT2D eigenvalue weighted by molar-refractivity contribution is 0.0807. The number of amides is 1. The van der Waals surface area contributed by atoms with Gasteiger partial charge in [0.1, 0.15) is 0 Å². The Morgan fingerprint density at radius 2 is 1.66 bits per heavy atom. The molecule has 1 aromatic heterocycles. The van der Waals surface area contributed by atoms with Crippen molar-refractivity contribution >= 4 is 57.4 Å². The topological polar surface area (TPSA) is 54.3 Å². The highest BCUT2D eigenvalue weighted by atomic mass is 35.5. The minimum Gasteiger partial charge on any atom is -0.348 e. The number of nitrogens with zero attached hydrogens (tertiary/aromatic N) is 2. The van der Waals surface area contributed by atoms with Gasteiger partial charge in [-0.2, -0.15) is 0 Å². The van der Waals surface area contributed by atoms with E-state index in [1.165, 1.54) is 18.4 Å². The first-order chi connectivity index (χ1) is 21.3. The van der Waals surface area contributed by atoms with Gasteiger partial charge in [-0.1, -0.05) is 66.0 Å². The third kappa shape index (κ3) is 6.72. The Labute approximate surface area is 274 Å². The third-order valence-corrected chi connectivity index (χ3v) is 10.5. The van der Waals surface area contributed by atoms with E-state index in [4.69, 9.17) is 34.8 Å². The number of halogens is 3. The first-order valence-electron chi connectivity index (χ1n) is 15.7. The second-order valence-corrected chi connectivity index (χ2v) is 13.5. The molecule has 0 saturated carbocycles. The number of nitrogens with one attached hydrogen (secondary N) is 1. The molecule has 1 amide bonds. The number of rotatable bonds is 11. The van der Waals surface area contributed by atoms with Crippen molar-refractivity contribution in [3.8, 4) is 0 Å². The van der Waals surface area contributed by atoms with Gasteiger partial charge >= 0.3 is 0 Å². The molecule has 8 heteroatoms. The van der Waals surface area contributed by atoms with Crippen LogP contribution in [0, 0.1) is 5.92 Å². The van der Waals surface area contributed by atoms with Gasteiger partial charge in [0.25, 0.3) is 5.91 Å². The van der Waals surface area contributed by atoms with Crippen molar-refractivity contribution in [2.45, 2.75) is 77.0 Å². The molecule has 3 atom stereocenters. The van der Waals surface area contributed by atoms with E-state index in [9.17, 15) is 9.59 Å². The molecule has 2 bridgehead atoms. The molecule has 2 fully saturated rings. The average molecular weight is 651 g/mol. The molecule has 2 saturated heterocycles. The van der Waals surface area contributed by atoms with Crippen LogP contribution in [0.4, 0.5) is 0 Å². The Balaban J connectivity index is 1.09. The number of carbonyl (C=O) groups excluding carboxylic acids is 2. The van der Waals surface area contributed by atoms with Gasteiger partial charge in [-0.05, 0) is 92.0 Å². The SMILES string of the molecule is CCc1cccc2c(C(=O)NCc3ccc(Cl)c(Cl)c3)cn(CCCN3[C@@H]4CC[C@H]3CC(CC(=O)c3ccc(Cl)cc3)C4)c12. The number of aromatic nitrogens is 1. The highest BCUT2D eigenvalue weighted by Crippen LogP contribution is 2.40. The van der Waals surface area contributed by atoms with Crippen LogP contribution < -0.4 is 5.32 Å². The highest BCUT2D eigenvalue weighted by molar-refractivity contribution is 6.42. The molecule has 44 heavy (non-hydrogen) atoms. The number of Topliss-reactive ketones (excluding diaryl/α,β-unsaturated/α-hetero) is 1. The van der Waals surface area contributed by atoms with Crippen LogP contribution in [0.3, 0.4) is 0 Å². The maximum absolute atomic E-state index is 13.4. The number of piperidine rings is 1. The Bertz CT molecular complexity index is 1650. The van der Waals surface area contributed by atoms with Gasteiger partial charge in [0, 0.05) is 60.3 Å². The summed E-state index contributed by atoms with van der Waals surface area (Å²) in [7, 11) is 0. The zero-order valence-corrected chi connectivity index (χ0v) is 27.3. The third-order valence-electron chi connectivity index (χ3n) is 9.48. The predicted octanol–water partition coefficient (Wildman–Crippen LogP) is 9.00. The number of hydrogen-bond donors (Lipinski definition) is 1. The summed E-state index contributed by atoms with van der Waals surface area (Å²) in [5.74, 6) is 0.571. The molecule has 2 aliphatic rings. The maximum Gasteiger partial charge on any atom is 0.253 e. The Morgan fingerprint density at radius 3 is 2.36 bits per heavy atom. The molecular formula is C36H38Cl3N3O2. The van der Waals surface area contributed by atoms with Gasteiger partial charge in [-0.15, -0.1) is 0 Å². The van der Waals surface area contributed by atoms with Crippen LogP contribution in [0.1, 0.15) is 77.3 Å². The summed E-state index contributed by atoms with van der Waals surface area (Å²) in [6, 6.07) is 20.0. The Hall–Kier alpha value is -2.83. The van der Waals surface area contributed by atoms with Gasteiger partial charge in [-0.3, -0.25) is 14.5 Å². The summed E-state index contributed by atoms with van der Waals surface area (Å²) < 4.78 is 2.28. The second kappa shape index (κ2) is 13.7. The summed E-state index contributed by atoms with van der Waals surface area (Å²) in [6.07, 6.45) is 9.16. The molecule has 1 unspecified atom stereocenters. The summed E-state index contributed by atoms with van der Waals surface area (Å²) in [6.45, 7) is 4.41. The van der Waals surface area contributed by atoms with E-state index < -0.39 is 0 Å². The monoisotopic (exact) mass is 649 g/mol. The normalized spacial score (nSPS) is 19.9. The van der Waals surface area contributed by atoms with E-state index in [2.05, 4.69) is 33.8 Å². The Kier molecular flexibility index (Phi) is 9.68. The van der Waals surface area contributed by atoms with Gasteiger partial charge < -0.3 is 9.88 Å². The molecule has 1 N–H and O–H groups in total. The van der Waals surface area contributed by atoms with Crippen molar-refractivity contribution in [2.24, 2.45) is 5.92 Å². The van der Waals surface area contributed by atoms with Crippen molar-refractivity contribution in [3.63, 3.8) is 0 Å². The molecule has 3 heterocycles. The van der Waals surface area contributed by atoms with E-state index in [-0.39, 0.29) is 11.7 Å². The molecular weight excluding hydrogens is 613 g/mol. The summed E-state index contributed by atoms with van der Waals surface area (Å²) in [4.78, 5) is 29.0. The average Bonchev–Trinajstić information content (AvgIpc) is 3.51. The van der Waals surface area contributed by atoms with Crippen molar-refractivity contribution in [3.05, 3.63) is 104 Å². The van der Waals surface area contributed by atoms with Gasteiger partial charge in [0.2, 0.25) is 0 Å². The van der Waals surface area contributed by atoms with E-state index in [1.807, 2.05) is 30.5 Å². The standard InChI is InChI=1S/C36H38Cl3N3O2/c1-2-25-5-3-6-30-31(36(44)40-21-23-7-14-32(38)33(39)19-23)22-41(35(25)30)15-4-16-42-28-12-13-29(42)18-24(17-28)20-34(43)26-8-10-27(37)11-9-26/h3,5-11,14,19,22,24,28-29H,2,4,12-13,15-18,20-21H2,1H3,(H,40,44)/t24?,28-,29+. The fourth-order valence-corrected chi connectivity index (χ4v) is 7.81. The van der Waals surface area contributed by atoms with Crippen LogP contribution in [-0.4, -0.2) is 39.8 Å². The molecule has 230 valence electrons. The molecule has 3 aromatic carbocycles. The van der Waals surface area contributed by atoms with E-state index in [0.29, 0.717) is 51.6 Å². The van der Waals surface area contributed by atoms with E-state index in [0.717, 1.165) is 60.8 Å². The van der Waals surface area contributed by atoms with Crippen LogP contribution >= 0.6 is 34.8 Å². The lowest BCUT2D eigenvalue weighted by Gasteiger charge is -2.39. The van der Waals surface area contributed by atoms with Crippen LogP contribution in [-0.2, 0) is 19.5 Å². The lowest BCUT2D eigenvalue weighted by Crippen LogP contribution is -2.43. The van der Waals surface area contributed by atoms with Crippen LogP contribution in [0.15, 0.2) is 66.9 Å². The summed E-state index contributed by atoms with van der Waals surface area (Å²) in [5.41, 5.74) is 4.76. The number of benzene rings is 3. The molecule has 2 aliphatic heterocycles. The first-order valence-corrected chi connectivity index (χ1v) is 16.8. The van der Waals surface area contributed by atoms with Crippen LogP contribution in [0.5, 0.6) is 0 Å². The van der Waals surface area contributed by atoms with Gasteiger partial charge in [0.05, 0.1) is 21.1 Å². The molecule has 0 spiro atoms. The maximum atomic E-state index is 13.4. The van der Waals surface area contributed by atoms with Crippen molar-refractivity contribution < 1.29 is 9.59 Å². The van der Waals surface area contributed by atoms with Gasteiger partial charge in [-0.25, -0.2) is 0 Å². The molecule has 5 nitrogen and oxygen atoms in total. The first kappa shape index (κ1) is 31.2. The van der Waals surface area contributed by atoms with Crippen molar-refractivity contribution in [2.75, 3.05) is 6.54 Å². The number of ketones is 1. The zero-order chi connectivity index (χ0) is 30.8. The fraction of sp³-hybridized carbons (Fsp3) is 0.389. The van der Waals surface area contributed by atoms with Gasteiger partial charge in [0.15, 0.2) is 5.78 Å². The van der Waals surface area contributed by atoms with Crippen LogP contribution in [0.25, 0.3) is 10.9 Å². The number of hydrogen-bond acceptors (Lipinski definition) is 3. The zero-order valence-electron chi connectivity index (χ0n) is 25.0.